The van der Waals surface area contributed by atoms with Gasteiger partial charge in [-0.25, -0.2) is 0 Å². The van der Waals surface area contributed by atoms with E-state index in [1.807, 2.05) is 25.1 Å². The van der Waals surface area contributed by atoms with Crippen LogP contribution in [0.5, 0.6) is 0 Å². The quantitative estimate of drug-likeness (QED) is 0.818. The van der Waals surface area contributed by atoms with E-state index in [4.69, 9.17) is 5.11 Å². The van der Waals surface area contributed by atoms with Crippen LogP contribution < -0.4 is 4.46 Å². The molecular formula is C15H19NO3Se. The van der Waals surface area contributed by atoms with Crippen LogP contribution >= 0.6 is 0 Å². The zero-order valence-electron chi connectivity index (χ0n) is 11.5. The molecular weight excluding hydrogens is 321 g/mol. The Kier molecular flexibility index (Phi) is 5.21. The maximum atomic E-state index is 12.4. The van der Waals surface area contributed by atoms with Crippen molar-refractivity contribution in [2.45, 2.75) is 31.1 Å². The fourth-order valence-corrected chi connectivity index (χ4v) is 4.34. The second-order valence-electron chi connectivity index (χ2n) is 5.05. The molecule has 1 N–H and O–H groups in total. The molecule has 0 radical (unpaired) electrons. The van der Waals surface area contributed by atoms with Gasteiger partial charge in [-0.15, -0.1) is 0 Å². The maximum absolute atomic E-state index is 12.4. The van der Waals surface area contributed by atoms with Crippen LogP contribution in [-0.4, -0.2) is 49.4 Å². The van der Waals surface area contributed by atoms with E-state index in [1.54, 1.807) is 4.90 Å². The molecule has 0 saturated carbocycles. The molecule has 0 spiro atoms. The van der Waals surface area contributed by atoms with Gasteiger partial charge >= 0.3 is 125 Å². The molecule has 1 fully saturated rings. The second kappa shape index (κ2) is 6.91. The molecule has 1 amide bonds. The Morgan fingerprint density at radius 3 is 2.75 bits per heavy atom. The number of hydrogen-bond donors (Lipinski definition) is 1. The van der Waals surface area contributed by atoms with Crippen molar-refractivity contribution in [1.29, 1.82) is 0 Å². The van der Waals surface area contributed by atoms with E-state index in [1.165, 1.54) is 4.46 Å². The molecule has 2 rings (SSSR count). The Balaban J connectivity index is 1.90. The molecule has 0 aliphatic carbocycles. The van der Waals surface area contributed by atoms with Gasteiger partial charge in [0.25, 0.3) is 0 Å². The van der Waals surface area contributed by atoms with Crippen LogP contribution in [0.4, 0.5) is 0 Å². The molecule has 1 aromatic carbocycles. The van der Waals surface area contributed by atoms with Crippen LogP contribution in [0.3, 0.4) is 0 Å². The summed E-state index contributed by atoms with van der Waals surface area (Å²) in [6.45, 7) is 2.49. The van der Waals surface area contributed by atoms with Gasteiger partial charge in [0.1, 0.15) is 0 Å². The summed E-state index contributed by atoms with van der Waals surface area (Å²) in [4.78, 5) is 25.0. The van der Waals surface area contributed by atoms with Gasteiger partial charge in [-0.1, -0.05) is 0 Å². The Bertz CT molecular complexity index is 477. The van der Waals surface area contributed by atoms with Gasteiger partial charge < -0.3 is 0 Å². The number of carboxylic acids is 1. The van der Waals surface area contributed by atoms with Crippen molar-refractivity contribution in [3.63, 3.8) is 0 Å². The Morgan fingerprint density at radius 2 is 2.10 bits per heavy atom. The molecule has 0 bridgehead atoms. The molecule has 4 nitrogen and oxygen atoms in total. The summed E-state index contributed by atoms with van der Waals surface area (Å²) in [7, 11) is 0. The van der Waals surface area contributed by atoms with Gasteiger partial charge in [0.2, 0.25) is 0 Å². The minimum absolute atomic E-state index is 0.00675. The normalized spacial score (nSPS) is 19.9. The summed E-state index contributed by atoms with van der Waals surface area (Å²) in [6.07, 6.45) is 1.37. The number of hydrogen-bond acceptors (Lipinski definition) is 2. The van der Waals surface area contributed by atoms with E-state index in [0.717, 1.165) is 11.7 Å². The SMILES string of the molecule is CC(C[Se]c1ccccc1)C(=O)N1CCC[C@H]1C(=O)O. The van der Waals surface area contributed by atoms with Crippen molar-refractivity contribution >= 4 is 31.3 Å². The third-order valence-corrected chi connectivity index (χ3v) is 6.15. The van der Waals surface area contributed by atoms with Crippen LogP contribution in [0.25, 0.3) is 0 Å². The molecule has 1 heterocycles. The summed E-state index contributed by atoms with van der Waals surface area (Å²) in [5, 5.41) is 9.95. The van der Waals surface area contributed by atoms with Gasteiger partial charge in [-0.05, 0) is 0 Å². The number of aliphatic carboxylic acids is 1. The fraction of sp³-hybridized carbons (Fsp3) is 0.467. The van der Waals surface area contributed by atoms with Crippen molar-refractivity contribution in [3.05, 3.63) is 30.3 Å². The van der Waals surface area contributed by atoms with Crippen LogP contribution in [0.15, 0.2) is 30.3 Å². The zero-order valence-corrected chi connectivity index (χ0v) is 13.2. The number of carbonyl (C=O) groups is 2. The molecule has 1 aromatic rings. The molecule has 2 atom stereocenters. The first kappa shape index (κ1) is 15.1. The molecule has 108 valence electrons. The first-order valence-corrected chi connectivity index (χ1v) is 8.87. The van der Waals surface area contributed by atoms with Gasteiger partial charge in [0.05, 0.1) is 0 Å². The number of rotatable bonds is 5. The average molecular weight is 340 g/mol. The first-order chi connectivity index (χ1) is 9.59. The van der Waals surface area contributed by atoms with Crippen molar-refractivity contribution in [2.24, 2.45) is 5.92 Å². The summed E-state index contributed by atoms with van der Waals surface area (Å²) < 4.78 is 1.27. The number of likely N-dealkylation sites (tertiary alicyclic amines) is 1. The fourth-order valence-electron chi connectivity index (χ4n) is 2.38. The monoisotopic (exact) mass is 341 g/mol. The molecule has 20 heavy (non-hydrogen) atoms. The predicted octanol–water partition coefficient (Wildman–Crippen LogP) is 1.15. The third-order valence-electron chi connectivity index (χ3n) is 3.49. The Hall–Kier alpha value is -1.32. The zero-order chi connectivity index (χ0) is 14.5. The van der Waals surface area contributed by atoms with E-state index >= 15 is 0 Å². The first-order valence-electron chi connectivity index (χ1n) is 6.80. The van der Waals surface area contributed by atoms with Crippen LogP contribution in [-0.2, 0) is 9.59 Å². The molecule has 5 heteroatoms. The minimum atomic E-state index is -0.878. The van der Waals surface area contributed by atoms with Gasteiger partial charge in [0.15, 0.2) is 0 Å². The number of amides is 1. The van der Waals surface area contributed by atoms with Crippen LogP contribution in [0, 0.1) is 5.92 Å². The topological polar surface area (TPSA) is 57.6 Å². The van der Waals surface area contributed by atoms with Crippen LogP contribution in [0.2, 0.25) is 5.32 Å². The van der Waals surface area contributed by atoms with E-state index in [-0.39, 0.29) is 26.8 Å². The standard InChI is InChI=1S/C15H19NO3Se/c1-11(10-20-12-6-3-2-4-7-12)14(17)16-9-5-8-13(16)15(18)19/h2-4,6-7,11,13H,5,8-10H2,1H3,(H,18,19)/t11?,13-/m0/s1. The molecule has 1 aliphatic rings. The summed E-state index contributed by atoms with van der Waals surface area (Å²) in [5.41, 5.74) is 0. The second-order valence-corrected chi connectivity index (χ2v) is 7.35. The van der Waals surface area contributed by atoms with E-state index in [0.29, 0.717) is 13.0 Å². The summed E-state index contributed by atoms with van der Waals surface area (Å²) >= 11 is 0.259. The van der Waals surface area contributed by atoms with Gasteiger partial charge in [-0.3, -0.25) is 0 Å². The van der Waals surface area contributed by atoms with E-state index < -0.39 is 12.0 Å². The number of carboxylic acid groups (broad SMARTS) is 1. The van der Waals surface area contributed by atoms with Gasteiger partial charge in [-0.2, -0.15) is 0 Å². The van der Waals surface area contributed by atoms with E-state index in [9.17, 15) is 9.59 Å². The van der Waals surface area contributed by atoms with Crippen molar-refractivity contribution in [2.75, 3.05) is 6.54 Å². The Labute approximate surface area is 125 Å². The number of benzene rings is 1. The van der Waals surface area contributed by atoms with Crippen molar-refractivity contribution < 1.29 is 14.7 Å². The predicted molar refractivity (Wildman–Crippen MR) is 78.2 cm³/mol. The Morgan fingerprint density at radius 1 is 1.40 bits per heavy atom. The summed E-state index contributed by atoms with van der Waals surface area (Å²) in [6, 6.07) is 9.53. The summed E-state index contributed by atoms with van der Waals surface area (Å²) in [5.74, 6) is -0.987. The number of nitrogens with zero attached hydrogens (tertiary/aromatic N) is 1. The van der Waals surface area contributed by atoms with Crippen molar-refractivity contribution in [1.82, 2.24) is 4.90 Å². The third kappa shape index (κ3) is 3.62. The molecule has 1 saturated heterocycles. The van der Waals surface area contributed by atoms with Crippen molar-refractivity contribution in [3.8, 4) is 0 Å². The number of carbonyl (C=O) groups excluding carboxylic acids is 1. The average Bonchev–Trinajstić information content (AvgIpc) is 2.94. The van der Waals surface area contributed by atoms with Gasteiger partial charge in [0, 0.05) is 0 Å². The molecule has 1 unspecified atom stereocenters. The van der Waals surface area contributed by atoms with E-state index in [2.05, 4.69) is 12.1 Å². The van der Waals surface area contributed by atoms with Crippen LogP contribution in [0.1, 0.15) is 19.8 Å². The molecule has 0 aromatic heterocycles. The molecule has 1 aliphatic heterocycles.